The van der Waals surface area contributed by atoms with Gasteiger partial charge in [0.15, 0.2) is 5.78 Å². The summed E-state index contributed by atoms with van der Waals surface area (Å²) in [6.45, 7) is 1.65. The minimum atomic E-state index is 0.147. The van der Waals surface area contributed by atoms with Crippen LogP contribution in [0.3, 0.4) is 0 Å². The molecule has 0 aliphatic heterocycles. The molecule has 1 nitrogen and oxygen atoms in total. The number of aryl methyl sites for hydroxylation is 2. The summed E-state index contributed by atoms with van der Waals surface area (Å²) in [5, 5.41) is 5.05. The molecule has 0 atom stereocenters. The van der Waals surface area contributed by atoms with Crippen LogP contribution >= 0.6 is 0 Å². The van der Waals surface area contributed by atoms with Crippen LogP contribution in [0.25, 0.3) is 21.5 Å². The number of hydrogen-bond acceptors (Lipinski definition) is 1. The molecule has 3 aromatic rings. The second kappa shape index (κ2) is 3.67. The van der Waals surface area contributed by atoms with Crippen LogP contribution in [0.1, 0.15) is 28.4 Å². The molecule has 0 saturated heterocycles. The molecule has 0 heterocycles. The Kier molecular flexibility index (Phi) is 2.08. The van der Waals surface area contributed by atoms with Crippen LogP contribution in [0.5, 0.6) is 0 Å². The van der Waals surface area contributed by atoms with E-state index in [1.165, 1.54) is 27.3 Å². The van der Waals surface area contributed by atoms with E-state index in [9.17, 15) is 4.79 Å². The first-order chi connectivity index (χ1) is 9.25. The summed E-state index contributed by atoms with van der Waals surface area (Å²) in [5.74, 6) is 0.147. The molecule has 0 unspecified atom stereocenters. The number of Topliss-reactive ketones (excluding diaryl/α,β-unsaturated/α-hetero) is 1. The molecule has 1 heteroatoms. The van der Waals surface area contributed by atoms with Crippen molar-refractivity contribution >= 4 is 27.3 Å². The largest absolute Gasteiger partial charge is 0.294 e. The summed E-state index contributed by atoms with van der Waals surface area (Å²) in [7, 11) is 0. The first-order valence-corrected chi connectivity index (χ1v) is 6.73. The van der Waals surface area contributed by atoms with Crippen molar-refractivity contribution in [3.05, 3.63) is 59.2 Å². The summed E-state index contributed by atoms with van der Waals surface area (Å²) in [4.78, 5) is 11.8. The Balaban J connectivity index is 2.31. The van der Waals surface area contributed by atoms with Crippen LogP contribution in [-0.2, 0) is 12.8 Å². The van der Waals surface area contributed by atoms with Gasteiger partial charge in [-0.3, -0.25) is 4.79 Å². The standard InChI is InChI=1S/C18H14O/c1-11(19)15-9-7-14-6-5-12-3-2-4-13-8-10-16(15)18(14)17(12)13/h2-4,7-10H,5-6H2,1H3. The summed E-state index contributed by atoms with van der Waals surface area (Å²) in [6, 6.07) is 14.9. The highest BCUT2D eigenvalue weighted by molar-refractivity contribution is 6.17. The van der Waals surface area contributed by atoms with E-state index >= 15 is 0 Å². The highest BCUT2D eigenvalue weighted by atomic mass is 16.1. The molecule has 0 aromatic heterocycles. The van der Waals surface area contributed by atoms with Crippen molar-refractivity contribution in [1.82, 2.24) is 0 Å². The zero-order chi connectivity index (χ0) is 13.0. The third kappa shape index (κ3) is 1.39. The van der Waals surface area contributed by atoms with Crippen LogP contribution in [0.2, 0.25) is 0 Å². The normalized spacial score (nSPS) is 13.3. The van der Waals surface area contributed by atoms with Crippen LogP contribution in [0, 0.1) is 0 Å². The van der Waals surface area contributed by atoms with Crippen molar-refractivity contribution in [2.75, 3.05) is 0 Å². The average molecular weight is 246 g/mol. The van der Waals surface area contributed by atoms with Gasteiger partial charge in [0.2, 0.25) is 0 Å². The Morgan fingerprint density at radius 1 is 0.895 bits per heavy atom. The number of rotatable bonds is 1. The summed E-state index contributed by atoms with van der Waals surface area (Å²) < 4.78 is 0. The van der Waals surface area contributed by atoms with Crippen LogP contribution in [-0.4, -0.2) is 5.78 Å². The van der Waals surface area contributed by atoms with Crippen molar-refractivity contribution in [1.29, 1.82) is 0 Å². The van der Waals surface area contributed by atoms with E-state index in [-0.39, 0.29) is 5.78 Å². The SMILES string of the molecule is CC(=O)c1ccc2c3c1ccc1cccc(c13)CC2. The molecule has 0 spiro atoms. The predicted molar refractivity (Wildman–Crippen MR) is 78.9 cm³/mol. The maximum absolute atomic E-state index is 11.8. The molecule has 0 saturated carbocycles. The zero-order valence-corrected chi connectivity index (χ0v) is 10.9. The summed E-state index contributed by atoms with van der Waals surface area (Å²) >= 11 is 0. The van der Waals surface area contributed by atoms with Gasteiger partial charge in [-0.1, -0.05) is 42.5 Å². The van der Waals surface area contributed by atoms with Gasteiger partial charge in [-0.05, 0) is 52.4 Å². The molecule has 0 N–H and O–H groups in total. The van der Waals surface area contributed by atoms with Crippen LogP contribution in [0.15, 0.2) is 42.5 Å². The Hall–Kier alpha value is -2.15. The topological polar surface area (TPSA) is 17.1 Å². The lowest BCUT2D eigenvalue weighted by Gasteiger charge is -2.19. The third-order valence-corrected chi connectivity index (χ3v) is 4.24. The fourth-order valence-corrected chi connectivity index (χ4v) is 3.36. The Bertz CT molecular complexity index is 843. The Labute approximate surface area is 111 Å². The van der Waals surface area contributed by atoms with E-state index in [4.69, 9.17) is 0 Å². The monoisotopic (exact) mass is 246 g/mol. The number of carbonyl (C=O) groups is 1. The van der Waals surface area contributed by atoms with Crippen molar-refractivity contribution in [3.8, 4) is 0 Å². The molecule has 4 rings (SSSR count). The summed E-state index contributed by atoms with van der Waals surface area (Å²) in [6.07, 6.45) is 2.17. The second-order valence-electron chi connectivity index (χ2n) is 5.33. The van der Waals surface area contributed by atoms with E-state index in [0.717, 1.165) is 23.8 Å². The number of benzene rings is 3. The molecule has 92 valence electrons. The maximum atomic E-state index is 11.8. The van der Waals surface area contributed by atoms with Crippen molar-refractivity contribution in [2.24, 2.45) is 0 Å². The molecule has 0 fully saturated rings. The minimum absolute atomic E-state index is 0.147. The van der Waals surface area contributed by atoms with E-state index in [1.54, 1.807) is 6.92 Å². The third-order valence-electron chi connectivity index (χ3n) is 4.24. The van der Waals surface area contributed by atoms with Crippen molar-refractivity contribution < 1.29 is 4.79 Å². The van der Waals surface area contributed by atoms with E-state index in [1.807, 2.05) is 6.07 Å². The molecule has 0 radical (unpaired) electrons. The molecular formula is C18H14O. The van der Waals surface area contributed by atoms with Gasteiger partial charge >= 0.3 is 0 Å². The summed E-state index contributed by atoms with van der Waals surface area (Å²) in [5.41, 5.74) is 3.64. The van der Waals surface area contributed by atoms with E-state index < -0.39 is 0 Å². The van der Waals surface area contributed by atoms with Gasteiger partial charge in [0, 0.05) is 5.56 Å². The quantitative estimate of drug-likeness (QED) is 0.462. The maximum Gasteiger partial charge on any atom is 0.160 e. The Morgan fingerprint density at radius 3 is 2.47 bits per heavy atom. The van der Waals surface area contributed by atoms with Crippen molar-refractivity contribution in [3.63, 3.8) is 0 Å². The smallest absolute Gasteiger partial charge is 0.160 e. The van der Waals surface area contributed by atoms with Gasteiger partial charge in [-0.15, -0.1) is 0 Å². The number of carbonyl (C=O) groups excluding carboxylic acids is 1. The molecule has 1 aliphatic carbocycles. The predicted octanol–water partition coefficient (Wildman–Crippen LogP) is 4.29. The van der Waals surface area contributed by atoms with Crippen LogP contribution in [0.4, 0.5) is 0 Å². The molecular weight excluding hydrogens is 232 g/mol. The highest BCUT2D eigenvalue weighted by Crippen LogP contribution is 2.37. The van der Waals surface area contributed by atoms with Gasteiger partial charge in [0.05, 0.1) is 0 Å². The minimum Gasteiger partial charge on any atom is -0.294 e. The second-order valence-corrected chi connectivity index (χ2v) is 5.33. The molecule has 0 amide bonds. The first kappa shape index (κ1) is 10.7. The van der Waals surface area contributed by atoms with Gasteiger partial charge in [-0.25, -0.2) is 0 Å². The lowest BCUT2D eigenvalue weighted by molar-refractivity contribution is 0.101. The highest BCUT2D eigenvalue weighted by Gasteiger charge is 2.17. The van der Waals surface area contributed by atoms with Gasteiger partial charge in [-0.2, -0.15) is 0 Å². The van der Waals surface area contributed by atoms with Gasteiger partial charge in [0.25, 0.3) is 0 Å². The van der Waals surface area contributed by atoms with Gasteiger partial charge in [0.1, 0.15) is 0 Å². The molecule has 1 aliphatic rings. The van der Waals surface area contributed by atoms with Crippen molar-refractivity contribution in [2.45, 2.75) is 19.8 Å². The molecule has 19 heavy (non-hydrogen) atoms. The fraction of sp³-hybridized carbons (Fsp3) is 0.167. The zero-order valence-electron chi connectivity index (χ0n) is 10.9. The van der Waals surface area contributed by atoms with E-state index in [2.05, 4.69) is 36.4 Å². The van der Waals surface area contributed by atoms with Crippen LogP contribution < -0.4 is 0 Å². The van der Waals surface area contributed by atoms with E-state index in [0.29, 0.717) is 0 Å². The molecule has 0 bridgehead atoms. The number of hydrogen-bond donors (Lipinski definition) is 0. The lowest BCUT2D eigenvalue weighted by atomic mass is 9.84. The average Bonchev–Trinajstić information content (AvgIpc) is 2.44. The fourth-order valence-electron chi connectivity index (χ4n) is 3.36. The van der Waals surface area contributed by atoms with Gasteiger partial charge < -0.3 is 0 Å². The lowest BCUT2D eigenvalue weighted by Crippen LogP contribution is -2.04. The molecule has 3 aromatic carbocycles. The first-order valence-electron chi connectivity index (χ1n) is 6.73. The Morgan fingerprint density at radius 2 is 1.68 bits per heavy atom. The number of ketones is 1.